The maximum absolute atomic E-state index is 12.1. The van der Waals surface area contributed by atoms with Crippen molar-refractivity contribution in [1.82, 2.24) is 5.43 Å². The number of hydrogen-bond acceptors (Lipinski definition) is 4. The van der Waals surface area contributed by atoms with Crippen LogP contribution in [0.5, 0.6) is 0 Å². The minimum Gasteiger partial charge on any atom is -0.455 e. The second kappa shape index (κ2) is 7.13. The fraction of sp³-hybridized carbons (Fsp3) is 0.0476. The van der Waals surface area contributed by atoms with Crippen LogP contribution >= 0.6 is 11.6 Å². The average molecular weight is 379 g/mol. The highest BCUT2D eigenvalue weighted by atomic mass is 35.5. The Kier molecular flexibility index (Phi) is 4.52. The predicted molar refractivity (Wildman–Crippen MR) is 105 cm³/mol. The third-order valence-corrected chi connectivity index (χ3v) is 4.33. The molecule has 6 heteroatoms. The summed E-state index contributed by atoms with van der Waals surface area (Å²) < 4.78 is 11.3. The van der Waals surface area contributed by atoms with E-state index in [4.69, 9.17) is 20.4 Å². The standard InChI is InChI=1S/C21H15ClN2O3/c1-13-6-7-15(22)11-17(13)19-9-8-16(26-19)12-23-24-21(25)20-10-14-4-2-3-5-18(14)27-20/h2-12H,1H3,(H,24,25)/b23-12+. The molecular weight excluding hydrogens is 364 g/mol. The molecule has 2 heterocycles. The summed E-state index contributed by atoms with van der Waals surface area (Å²) >= 11 is 6.06. The first kappa shape index (κ1) is 17.1. The zero-order chi connectivity index (χ0) is 18.8. The van der Waals surface area contributed by atoms with E-state index < -0.39 is 5.91 Å². The van der Waals surface area contributed by atoms with E-state index in [1.165, 1.54) is 6.21 Å². The second-order valence-electron chi connectivity index (χ2n) is 6.01. The average Bonchev–Trinajstić information content (AvgIpc) is 3.30. The Bertz CT molecular complexity index is 1120. The van der Waals surface area contributed by atoms with Crippen molar-refractivity contribution >= 4 is 34.7 Å². The van der Waals surface area contributed by atoms with Gasteiger partial charge in [0.05, 0.1) is 6.21 Å². The molecule has 4 aromatic rings. The highest BCUT2D eigenvalue weighted by Gasteiger charge is 2.11. The van der Waals surface area contributed by atoms with E-state index in [0.29, 0.717) is 22.1 Å². The quantitative estimate of drug-likeness (QED) is 0.381. The minimum atomic E-state index is -0.431. The van der Waals surface area contributed by atoms with Crippen LogP contribution in [-0.4, -0.2) is 12.1 Å². The fourth-order valence-electron chi connectivity index (χ4n) is 2.73. The number of aryl methyl sites for hydroxylation is 1. The molecule has 2 aromatic carbocycles. The smallest absolute Gasteiger partial charge is 0.307 e. The van der Waals surface area contributed by atoms with Crippen LogP contribution in [0.1, 0.15) is 21.9 Å². The third kappa shape index (κ3) is 3.64. The van der Waals surface area contributed by atoms with Gasteiger partial charge in [-0.25, -0.2) is 5.43 Å². The lowest BCUT2D eigenvalue weighted by Crippen LogP contribution is -2.16. The molecular formula is C21H15ClN2O3. The van der Waals surface area contributed by atoms with Crippen molar-refractivity contribution in [3.8, 4) is 11.3 Å². The number of hydrazone groups is 1. The molecule has 5 nitrogen and oxygen atoms in total. The molecule has 0 bridgehead atoms. The van der Waals surface area contributed by atoms with E-state index in [1.807, 2.05) is 49.4 Å². The van der Waals surface area contributed by atoms with Crippen molar-refractivity contribution in [3.63, 3.8) is 0 Å². The van der Waals surface area contributed by atoms with Crippen LogP contribution in [0.3, 0.4) is 0 Å². The molecule has 0 aliphatic heterocycles. The van der Waals surface area contributed by atoms with Crippen molar-refractivity contribution in [3.05, 3.63) is 82.8 Å². The highest BCUT2D eigenvalue weighted by Crippen LogP contribution is 2.27. The van der Waals surface area contributed by atoms with Crippen molar-refractivity contribution in [1.29, 1.82) is 0 Å². The van der Waals surface area contributed by atoms with Gasteiger partial charge in [0.25, 0.3) is 0 Å². The number of carbonyl (C=O) groups is 1. The number of carbonyl (C=O) groups excluding carboxylic acids is 1. The van der Waals surface area contributed by atoms with Crippen LogP contribution in [0.2, 0.25) is 5.02 Å². The van der Waals surface area contributed by atoms with E-state index >= 15 is 0 Å². The lowest BCUT2D eigenvalue weighted by Gasteiger charge is -2.02. The molecule has 0 radical (unpaired) electrons. The number of nitrogens with one attached hydrogen (secondary N) is 1. The second-order valence-corrected chi connectivity index (χ2v) is 6.45. The van der Waals surface area contributed by atoms with Gasteiger partial charge in [-0.05, 0) is 48.9 Å². The van der Waals surface area contributed by atoms with E-state index in [0.717, 1.165) is 16.5 Å². The Balaban J connectivity index is 1.46. The number of hydrogen-bond donors (Lipinski definition) is 1. The van der Waals surface area contributed by atoms with Crippen LogP contribution in [0.15, 0.2) is 74.6 Å². The van der Waals surface area contributed by atoms with E-state index in [-0.39, 0.29) is 5.76 Å². The molecule has 0 atom stereocenters. The molecule has 0 unspecified atom stereocenters. The van der Waals surface area contributed by atoms with Gasteiger partial charge in [-0.15, -0.1) is 0 Å². The Morgan fingerprint density at radius 3 is 2.78 bits per heavy atom. The Morgan fingerprint density at radius 2 is 1.93 bits per heavy atom. The van der Waals surface area contributed by atoms with Gasteiger partial charge >= 0.3 is 5.91 Å². The molecule has 1 N–H and O–H groups in total. The van der Waals surface area contributed by atoms with Crippen LogP contribution in [0.25, 0.3) is 22.3 Å². The molecule has 0 saturated carbocycles. The van der Waals surface area contributed by atoms with Crippen LogP contribution in [0, 0.1) is 6.92 Å². The van der Waals surface area contributed by atoms with Crippen molar-refractivity contribution < 1.29 is 13.6 Å². The van der Waals surface area contributed by atoms with Gasteiger partial charge in [-0.3, -0.25) is 4.79 Å². The van der Waals surface area contributed by atoms with Gasteiger partial charge in [0.15, 0.2) is 5.76 Å². The zero-order valence-corrected chi connectivity index (χ0v) is 15.2. The van der Waals surface area contributed by atoms with Gasteiger partial charge in [0.1, 0.15) is 17.1 Å². The summed E-state index contributed by atoms with van der Waals surface area (Å²) in [5.41, 5.74) is 5.05. The molecule has 0 aliphatic rings. The maximum Gasteiger partial charge on any atom is 0.307 e. The molecule has 0 spiro atoms. The Hall–Kier alpha value is -3.31. The van der Waals surface area contributed by atoms with Gasteiger partial charge in [-0.2, -0.15) is 5.10 Å². The fourth-order valence-corrected chi connectivity index (χ4v) is 2.90. The van der Waals surface area contributed by atoms with Gasteiger partial charge < -0.3 is 8.83 Å². The number of fused-ring (bicyclic) bond motifs is 1. The monoisotopic (exact) mass is 378 g/mol. The number of para-hydroxylation sites is 1. The van der Waals surface area contributed by atoms with E-state index in [9.17, 15) is 4.79 Å². The summed E-state index contributed by atoms with van der Waals surface area (Å²) in [4.78, 5) is 12.1. The number of furan rings is 2. The molecule has 0 aliphatic carbocycles. The number of nitrogens with zero attached hydrogens (tertiary/aromatic N) is 1. The van der Waals surface area contributed by atoms with Gasteiger partial charge in [0.2, 0.25) is 0 Å². The van der Waals surface area contributed by atoms with E-state index in [1.54, 1.807) is 18.2 Å². The number of benzene rings is 2. The van der Waals surface area contributed by atoms with Gasteiger partial charge in [0, 0.05) is 16.0 Å². The van der Waals surface area contributed by atoms with Crippen LogP contribution in [-0.2, 0) is 0 Å². The Morgan fingerprint density at radius 1 is 1.07 bits per heavy atom. The summed E-state index contributed by atoms with van der Waals surface area (Å²) in [5.74, 6) is 0.956. The molecule has 134 valence electrons. The summed E-state index contributed by atoms with van der Waals surface area (Å²) in [6, 6.07) is 18.3. The summed E-state index contributed by atoms with van der Waals surface area (Å²) in [6.45, 7) is 1.98. The zero-order valence-electron chi connectivity index (χ0n) is 14.4. The summed E-state index contributed by atoms with van der Waals surface area (Å²) in [7, 11) is 0. The van der Waals surface area contributed by atoms with Crippen molar-refractivity contribution in [2.75, 3.05) is 0 Å². The molecule has 4 rings (SSSR count). The lowest BCUT2D eigenvalue weighted by atomic mass is 10.1. The normalized spacial score (nSPS) is 11.3. The summed E-state index contributed by atoms with van der Waals surface area (Å²) in [6.07, 6.45) is 1.43. The lowest BCUT2D eigenvalue weighted by molar-refractivity contribution is 0.0929. The van der Waals surface area contributed by atoms with Crippen LogP contribution < -0.4 is 5.43 Å². The van der Waals surface area contributed by atoms with Crippen molar-refractivity contribution in [2.45, 2.75) is 6.92 Å². The topological polar surface area (TPSA) is 67.7 Å². The first-order chi connectivity index (χ1) is 13.1. The SMILES string of the molecule is Cc1ccc(Cl)cc1-c1ccc(/C=N/NC(=O)c2cc3ccccc3o2)o1. The Labute approximate surface area is 160 Å². The number of amides is 1. The van der Waals surface area contributed by atoms with Crippen LogP contribution in [0.4, 0.5) is 0 Å². The highest BCUT2D eigenvalue weighted by molar-refractivity contribution is 6.30. The molecule has 0 saturated heterocycles. The predicted octanol–water partition coefficient (Wildman–Crippen LogP) is 5.42. The molecule has 27 heavy (non-hydrogen) atoms. The van der Waals surface area contributed by atoms with Gasteiger partial charge in [-0.1, -0.05) is 35.9 Å². The van der Waals surface area contributed by atoms with Crippen molar-refractivity contribution in [2.24, 2.45) is 5.10 Å². The first-order valence-electron chi connectivity index (χ1n) is 8.28. The third-order valence-electron chi connectivity index (χ3n) is 4.10. The molecule has 1 amide bonds. The minimum absolute atomic E-state index is 0.197. The number of rotatable bonds is 4. The summed E-state index contributed by atoms with van der Waals surface area (Å²) in [5, 5.41) is 5.43. The first-order valence-corrected chi connectivity index (χ1v) is 8.66. The van der Waals surface area contributed by atoms with E-state index in [2.05, 4.69) is 10.5 Å². The molecule has 2 aromatic heterocycles. The number of halogens is 1. The largest absolute Gasteiger partial charge is 0.455 e. The molecule has 0 fully saturated rings. The maximum atomic E-state index is 12.1.